The maximum atomic E-state index is 14.0. The van der Waals surface area contributed by atoms with E-state index in [0.717, 1.165) is 0 Å². The molecule has 4 rings (SSSR count). The Hall–Kier alpha value is -4.71. The summed E-state index contributed by atoms with van der Waals surface area (Å²) >= 11 is 0.695. The highest BCUT2D eigenvalue weighted by atomic mass is 32.1. The lowest BCUT2D eigenvalue weighted by Crippen LogP contribution is -2.43. The van der Waals surface area contributed by atoms with E-state index in [1.54, 1.807) is 43.3 Å². The lowest BCUT2D eigenvalue weighted by atomic mass is 10.1. The number of amides is 3. The Morgan fingerprint density at radius 3 is 2.34 bits per heavy atom. The summed E-state index contributed by atoms with van der Waals surface area (Å²) in [4.78, 5) is 40.5. The molecular weight excluding hydrogens is 513 g/mol. The minimum Gasteiger partial charge on any atom is -0.497 e. The van der Waals surface area contributed by atoms with Gasteiger partial charge in [-0.3, -0.25) is 19.3 Å². The first kappa shape index (κ1) is 26.4. The van der Waals surface area contributed by atoms with E-state index < -0.39 is 29.6 Å². The second kappa shape index (κ2) is 11.1. The second-order valence-corrected chi connectivity index (χ2v) is 8.98. The molecule has 12 heteroatoms. The van der Waals surface area contributed by atoms with Crippen molar-refractivity contribution in [2.75, 3.05) is 17.7 Å². The smallest absolute Gasteiger partial charge is 0.273 e. The highest BCUT2D eigenvalue weighted by molar-refractivity contribution is 7.09. The van der Waals surface area contributed by atoms with Crippen LogP contribution < -0.4 is 26.4 Å². The molecule has 0 bridgehead atoms. The average Bonchev–Trinajstić information content (AvgIpc) is 3.51. The molecule has 2 heterocycles. The molecule has 0 aliphatic rings. The number of nitrogens with two attached hydrogens (primary N) is 2. The molecule has 0 spiro atoms. The van der Waals surface area contributed by atoms with Gasteiger partial charge in [-0.1, -0.05) is 12.1 Å². The fourth-order valence-electron chi connectivity index (χ4n) is 3.73. The molecule has 0 radical (unpaired) electrons. The molecule has 0 aliphatic carbocycles. The third-order valence-electron chi connectivity index (χ3n) is 5.64. The maximum absolute atomic E-state index is 14.0. The number of hydrogen-bond donors (Lipinski definition) is 3. The Balaban J connectivity index is 1.79. The number of halogens is 1. The van der Waals surface area contributed by atoms with Gasteiger partial charge in [0.1, 0.15) is 28.0 Å². The van der Waals surface area contributed by atoms with Gasteiger partial charge in [0.25, 0.3) is 17.7 Å². The number of benzene rings is 2. The molecule has 10 nitrogen and oxygen atoms in total. The molecule has 0 aliphatic heterocycles. The molecule has 5 N–H and O–H groups in total. The summed E-state index contributed by atoms with van der Waals surface area (Å²) in [5.41, 5.74) is 11.9. The predicted octanol–water partition coefficient (Wildman–Crippen LogP) is 3.58. The van der Waals surface area contributed by atoms with E-state index >= 15 is 0 Å². The number of primary amides is 1. The lowest BCUT2D eigenvalue weighted by Gasteiger charge is -2.29. The summed E-state index contributed by atoms with van der Waals surface area (Å²) in [5, 5.41) is 2.79. The van der Waals surface area contributed by atoms with Crippen LogP contribution in [0.1, 0.15) is 43.3 Å². The predicted molar refractivity (Wildman–Crippen MR) is 139 cm³/mol. The molecule has 0 saturated carbocycles. The summed E-state index contributed by atoms with van der Waals surface area (Å²) < 4.78 is 28.3. The molecular formula is C26H24FN5O5S. The van der Waals surface area contributed by atoms with E-state index in [0.29, 0.717) is 34.3 Å². The Morgan fingerprint density at radius 1 is 1.11 bits per heavy atom. The first-order valence-electron chi connectivity index (χ1n) is 11.3. The Labute approximate surface area is 221 Å². The van der Waals surface area contributed by atoms with E-state index in [1.165, 1.54) is 36.3 Å². The van der Waals surface area contributed by atoms with Gasteiger partial charge in [-0.2, -0.15) is 4.37 Å². The zero-order valence-corrected chi connectivity index (χ0v) is 21.3. The fourth-order valence-corrected chi connectivity index (χ4v) is 4.47. The first-order chi connectivity index (χ1) is 18.2. The maximum Gasteiger partial charge on any atom is 0.273 e. The van der Waals surface area contributed by atoms with Crippen molar-refractivity contribution < 1.29 is 27.9 Å². The van der Waals surface area contributed by atoms with Crippen LogP contribution in [-0.2, 0) is 11.3 Å². The molecule has 1 unspecified atom stereocenters. The van der Waals surface area contributed by atoms with Crippen molar-refractivity contribution in [1.29, 1.82) is 0 Å². The zero-order chi connectivity index (χ0) is 27.4. The van der Waals surface area contributed by atoms with Crippen molar-refractivity contribution in [1.82, 2.24) is 9.69 Å². The standard InChI is InChI=1S/C26H24FN5O5S/c1-14-3-12-19(37-14)22(25(34)30-13-15-4-6-16(27)7-5-15)32(17-8-10-18(36-2)11-9-17)26(35)23-20(28)21(24(29)33)31-38-23/h3-12,22H,13,28H2,1-2H3,(H2,29,33)(H,30,34). The van der Waals surface area contributed by atoms with Crippen molar-refractivity contribution in [2.45, 2.75) is 19.5 Å². The van der Waals surface area contributed by atoms with Gasteiger partial charge in [-0.15, -0.1) is 0 Å². The third-order valence-corrected chi connectivity index (χ3v) is 6.49. The lowest BCUT2D eigenvalue weighted by molar-refractivity contribution is -0.123. The summed E-state index contributed by atoms with van der Waals surface area (Å²) in [7, 11) is 1.50. The van der Waals surface area contributed by atoms with Crippen molar-refractivity contribution in [3.8, 4) is 5.75 Å². The van der Waals surface area contributed by atoms with Crippen LogP contribution in [-0.4, -0.2) is 29.2 Å². The summed E-state index contributed by atoms with van der Waals surface area (Å²) in [6.45, 7) is 1.77. The fraction of sp³-hybridized carbons (Fsp3) is 0.154. The number of nitrogens with one attached hydrogen (secondary N) is 1. The highest BCUT2D eigenvalue weighted by Gasteiger charge is 2.37. The van der Waals surface area contributed by atoms with Crippen LogP contribution in [0.5, 0.6) is 5.75 Å². The first-order valence-corrected chi connectivity index (χ1v) is 12.1. The van der Waals surface area contributed by atoms with Gasteiger partial charge in [-0.25, -0.2) is 4.39 Å². The van der Waals surface area contributed by atoms with Crippen LogP contribution in [0.2, 0.25) is 0 Å². The number of aromatic nitrogens is 1. The largest absolute Gasteiger partial charge is 0.497 e. The molecule has 2 aromatic heterocycles. The number of ether oxygens (including phenoxy) is 1. The van der Waals surface area contributed by atoms with Crippen LogP contribution >= 0.6 is 11.5 Å². The monoisotopic (exact) mass is 537 g/mol. The van der Waals surface area contributed by atoms with E-state index in [4.69, 9.17) is 20.6 Å². The number of carbonyl (C=O) groups is 3. The third kappa shape index (κ3) is 5.49. The zero-order valence-electron chi connectivity index (χ0n) is 20.4. The van der Waals surface area contributed by atoms with Crippen molar-refractivity contribution in [3.63, 3.8) is 0 Å². The van der Waals surface area contributed by atoms with Crippen LogP contribution in [0.25, 0.3) is 0 Å². The van der Waals surface area contributed by atoms with Gasteiger partial charge in [0.2, 0.25) is 0 Å². The van der Waals surface area contributed by atoms with Crippen molar-refractivity contribution >= 4 is 40.6 Å². The van der Waals surface area contributed by atoms with E-state index in [2.05, 4.69) is 9.69 Å². The molecule has 1 atom stereocenters. The second-order valence-electron chi connectivity index (χ2n) is 8.21. The van der Waals surface area contributed by atoms with Crippen LogP contribution in [0.15, 0.2) is 65.1 Å². The Kier molecular flexibility index (Phi) is 7.72. The van der Waals surface area contributed by atoms with E-state index in [1.807, 2.05) is 0 Å². The van der Waals surface area contributed by atoms with Crippen molar-refractivity contribution in [2.24, 2.45) is 5.73 Å². The molecule has 4 aromatic rings. The topological polar surface area (TPSA) is 154 Å². The van der Waals surface area contributed by atoms with Gasteiger partial charge in [0.05, 0.1) is 12.8 Å². The number of furan rings is 1. The molecule has 0 fully saturated rings. The minimum atomic E-state index is -1.29. The molecule has 0 saturated heterocycles. The van der Waals surface area contributed by atoms with E-state index in [-0.39, 0.29) is 28.6 Å². The van der Waals surface area contributed by atoms with E-state index in [9.17, 15) is 18.8 Å². The number of methoxy groups -OCH3 is 1. The quantitative estimate of drug-likeness (QED) is 0.295. The van der Waals surface area contributed by atoms with Crippen molar-refractivity contribution in [3.05, 3.63) is 94.1 Å². The summed E-state index contributed by atoms with van der Waals surface area (Å²) in [6, 6.07) is 14.1. The average molecular weight is 538 g/mol. The van der Waals surface area contributed by atoms with Crippen LogP contribution in [0, 0.1) is 12.7 Å². The van der Waals surface area contributed by atoms with Crippen LogP contribution in [0.4, 0.5) is 15.8 Å². The number of nitrogen functional groups attached to an aromatic ring is 1. The molecule has 38 heavy (non-hydrogen) atoms. The van der Waals surface area contributed by atoms with Gasteiger partial charge in [0, 0.05) is 12.2 Å². The highest BCUT2D eigenvalue weighted by Crippen LogP contribution is 2.34. The Morgan fingerprint density at radius 2 is 1.79 bits per heavy atom. The number of nitrogens with zero attached hydrogens (tertiary/aromatic N) is 2. The minimum absolute atomic E-state index is 0.0640. The Bertz CT molecular complexity index is 1470. The van der Waals surface area contributed by atoms with Crippen LogP contribution in [0.3, 0.4) is 0 Å². The van der Waals surface area contributed by atoms with Gasteiger partial charge >= 0.3 is 0 Å². The summed E-state index contributed by atoms with van der Waals surface area (Å²) in [6.07, 6.45) is 0. The summed E-state index contributed by atoms with van der Waals surface area (Å²) in [5.74, 6) is -1.34. The molecule has 3 amide bonds. The number of aryl methyl sites for hydroxylation is 1. The van der Waals surface area contributed by atoms with Gasteiger partial charge < -0.3 is 25.9 Å². The van der Waals surface area contributed by atoms with Gasteiger partial charge in [-0.05, 0) is 72.6 Å². The number of anilines is 2. The molecule has 196 valence electrons. The number of rotatable bonds is 9. The SMILES string of the molecule is COc1ccc(N(C(=O)c2snc(C(N)=O)c2N)C(C(=O)NCc2ccc(F)cc2)c2ccc(C)o2)cc1. The molecule has 2 aromatic carbocycles. The normalized spacial score (nSPS) is 11.6. The van der Waals surface area contributed by atoms with Gasteiger partial charge in [0.15, 0.2) is 11.7 Å². The number of carbonyl (C=O) groups excluding carboxylic acids is 3. The number of hydrogen-bond acceptors (Lipinski definition) is 8.